The van der Waals surface area contributed by atoms with E-state index in [2.05, 4.69) is 29.4 Å². The standard InChI is InChI=1S/C18H22ClN3O/c1-21-13-16(19)17(20-21)18(23)22-12-6-5-9-15(22)11-10-14-7-3-2-4-8-14/h2-4,7-8,13,15H,5-6,9-12H2,1H3. The van der Waals surface area contributed by atoms with Gasteiger partial charge in [-0.25, -0.2) is 0 Å². The number of piperidine rings is 1. The Morgan fingerprint density at radius 1 is 1.30 bits per heavy atom. The molecule has 1 aliphatic heterocycles. The van der Waals surface area contributed by atoms with E-state index in [1.165, 1.54) is 12.0 Å². The van der Waals surface area contributed by atoms with Crippen LogP contribution in [-0.4, -0.2) is 33.2 Å². The molecule has 1 saturated heterocycles. The molecule has 122 valence electrons. The third kappa shape index (κ3) is 3.75. The van der Waals surface area contributed by atoms with Gasteiger partial charge in [-0.2, -0.15) is 5.10 Å². The molecule has 0 bridgehead atoms. The van der Waals surface area contributed by atoms with E-state index >= 15 is 0 Å². The number of hydrogen-bond acceptors (Lipinski definition) is 2. The number of carbonyl (C=O) groups is 1. The number of aryl methyl sites for hydroxylation is 2. The molecular formula is C18H22ClN3O. The van der Waals surface area contributed by atoms with E-state index in [-0.39, 0.29) is 11.9 Å². The molecule has 0 spiro atoms. The minimum absolute atomic E-state index is 0.0339. The van der Waals surface area contributed by atoms with Gasteiger partial charge in [0.15, 0.2) is 5.69 Å². The van der Waals surface area contributed by atoms with Crippen molar-refractivity contribution in [2.24, 2.45) is 7.05 Å². The van der Waals surface area contributed by atoms with Gasteiger partial charge < -0.3 is 4.90 Å². The van der Waals surface area contributed by atoms with E-state index in [4.69, 9.17) is 11.6 Å². The Bertz CT molecular complexity index is 668. The summed E-state index contributed by atoms with van der Waals surface area (Å²) >= 11 is 6.15. The van der Waals surface area contributed by atoms with Crippen molar-refractivity contribution in [2.75, 3.05) is 6.54 Å². The molecule has 1 unspecified atom stereocenters. The van der Waals surface area contributed by atoms with Crippen LogP contribution in [0.15, 0.2) is 36.5 Å². The zero-order valence-electron chi connectivity index (χ0n) is 13.4. The number of halogens is 1. The number of amides is 1. The zero-order chi connectivity index (χ0) is 16.2. The van der Waals surface area contributed by atoms with Crippen molar-refractivity contribution in [1.29, 1.82) is 0 Å². The summed E-state index contributed by atoms with van der Waals surface area (Å²) in [6.07, 6.45) is 6.95. The van der Waals surface area contributed by atoms with E-state index in [1.807, 2.05) is 11.0 Å². The molecule has 1 amide bonds. The molecule has 0 N–H and O–H groups in total. The molecular weight excluding hydrogens is 310 g/mol. The Hall–Kier alpha value is -1.81. The van der Waals surface area contributed by atoms with Crippen molar-refractivity contribution in [3.05, 3.63) is 52.8 Å². The first-order valence-corrected chi connectivity index (χ1v) is 8.57. The molecule has 1 atom stereocenters. The van der Waals surface area contributed by atoms with Crippen molar-refractivity contribution < 1.29 is 4.79 Å². The maximum Gasteiger partial charge on any atom is 0.276 e. The normalized spacial score (nSPS) is 18.2. The summed E-state index contributed by atoms with van der Waals surface area (Å²) in [5, 5.41) is 4.67. The second-order valence-corrected chi connectivity index (χ2v) is 6.58. The molecule has 0 saturated carbocycles. The highest BCUT2D eigenvalue weighted by molar-refractivity contribution is 6.33. The number of carbonyl (C=O) groups excluding carboxylic acids is 1. The summed E-state index contributed by atoms with van der Waals surface area (Å²) in [5.74, 6) is -0.0339. The Kier molecular flexibility index (Phi) is 5.01. The number of benzene rings is 1. The maximum atomic E-state index is 12.8. The van der Waals surface area contributed by atoms with Crippen LogP contribution in [0.5, 0.6) is 0 Å². The van der Waals surface area contributed by atoms with E-state index in [1.54, 1.807) is 17.9 Å². The first kappa shape index (κ1) is 16.1. The SMILES string of the molecule is Cn1cc(Cl)c(C(=O)N2CCCCC2CCc2ccccc2)n1. The van der Waals surface area contributed by atoms with Gasteiger partial charge in [-0.1, -0.05) is 41.9 Å². The molecule has 1 aromatic heterocycles. The van der Waals surface area contributed by atoms with Gasteiger partial charge in [-0.15, -0.1) is 0 Å². The lowest BCUT2D eigenvalue weighted by atomic mass is 9.95. The van der Waals surface area contributed by atoms with Crippen LogP contribution in [0, 0.1) is 0 Å². The van der Waals surface area contributed by atoms with Crippen LogP contribution in [0.1, 0.15) is 41.7 Å². The van der Waals surface area contributed by atoms with Crippen molar-refractivity contribution in [2.45, 2.75) is 38.1 Å². The van der Waals surface area contributed by atoms with Gasteiger partial charge in [-0.3, -0.25) is 9.48 Å². The molecule has 0 radical (unpaired) electrons. The van der Waals surface area contributed by atoms with Crippen LogP contribution in [-0.2, 0) is 13.5 Å². The second-order valence-electron chi connectivity index (χ2n) is 6.17. The van der Waals surface area contributed by atoms with E-state index < -0.39 is 0 Å². The molecule has 4 nitrogen and oxygen atoms in total. The van der Waals surface area contributed by atoms with Crippen LogP contribution >= 0.6 is 11.6 Å². The van der Waals surface area contributed by atoms with E-state index in [0.29, 0.717) is 10.7 Å². The highest BCUT2D eigenvalue weighted by atomic mass is 35.5. The van der Waals surface area contributed by atoms with Gasteiger partial charge in [0.1, 0.15) is 0 Å². The van der Waals surface area contributed by atoms with Gasteiger partial charge in [0, 0.05) is 25.8 Å². The maximum absolute atomic E-state index is 12.8. The predicted octanol–water partition coefficient (Wildman–Crippen LogP) is 3.70. The van der Waals surface area contributed by atoms with Crippen LogP contribution < -0.4 is 0 Å². The highest BCUT2D eigenvalue weighted by Gasteiger charge is 2.29. The molecule has 3 rings (SSSR count). The van der Waals surface area contributed by atoms with Crippen molar-refractivity contribution in [3.63, 3.8) is 0 Å². The quantitative estimate of drug-likeness (QED) is 0.856. The molecule has 0 aliphatic carbocycles. The first-order chi connectivity index (χ1) is 11.1. The summed E-state index contributed by atoms with van der Waals surface area (Å²) in [5.41, 5.74) is 1.70. The Morgan fingerprint density at radius 3 is 2.78 bits per heavy atom. The zero-order valence-corrected chi connectivity index (χ0v) is 14.2. The van der Waals surface area contributed by atoms with Crippen molar-refractivity contribution >= 4 is 17.5 Å². The number of aromatic nitrogens is 2. The third-order valence-corrected chi connectivity index (χ3v) is 4.76. The summed E-state index contributed by atoms with van der Waals surface area (Å²) in [4.78, 5) is 14.8. The van der Waals surface area contributed by atoms with Crippen molar-refractivity contribution in [3.8, 4) is 0 Å². The molecule has 5 heteroatoms. The minimum atomic E-state index is -0.0339. The van der Waals surface area contributed by atoms with Gasteiger partial charge in [-0.05, 0) is 37.7 Å². The molecule has 1 aromatic carbocycles. The number of likely N-dealkylation sites (tertiary alicyclic amines) is 1. The molecule has 2 aromatic rings. The largest absolute Gasteiger partial charge is 0.334 e. The van der Waals surface area contributed by atoms with E-state index in [9.17, 15) is 4.79 Å². The van der Waals surface area contributed by atoms with Gasteiger partial charge >= 0.3 is 0 Å². The Morgan fingerprint density at radius 2 is 2.09 bits per heavy atom. The minimum Gasteiger partial charge on any atom is -0.334 e. The van der Waals surface area contributed by atoms with Crippen LogP contribution in [0.4, 0.5) is 0 Å². The Balaban J connectivity index is 1.71. The third-order valence-electron chi connectivity index (χ3n) is 4.48. The fourth-order valence-corrected chi connectivity index (χ4v) is 3.55. The van der Waals surface area contributed by atoms with Gasteiger partial charge in [0.2, 0.25) is 0 Å². The molecule has 23 heavy (non-hydrogen) atoms. The highest BCUT2D eigenvalue weighted by Crippen LogP contribution is 2.25. The summed E-state index contributed by atoms with van der Waals surface area (Å²) in [6.45, 7) is 0.797. The lowest BCUT2D eigenvalue weighted by Gasteiger charge is -2.35. The summed E-state index contributed by atoms with van der Waals surface area (Å²) in [6, 6.07) is 10.7. The van der Waals surface area contributed by atoms with Crippen molar-refractivity contribution in [1.82, 2.24) is 14.7 Å². The second kappa shape index (κ2) is 7.18. The lowest BCUT2D eigenvalue weighted by molar-refractivity contribution is 0.0595. The topological polar surface area (TPSA) is 38.1 Å². The average Bonchev–Trinajstić information content (AvgIpc) is 2.92. The number of nitrogens with zero attached hydrogens (tertiary/aromatic N) is 3. The smallest absolute Gasteiger partial charge is 0.276 e. The van der Waals surface area contributed by atoms with Crippen LogP contribution in [0.25, 0.3) is 0 Å². The molecule has 1 aliphatic rings. The fraction of sp³-hybridized carbons (Fsp3) is 0.444. The number of hydrogen-bond donors (Lipinski definition) is 0. The van der Waals surface area contributed by atoms with Gasteiger partial charge in [0.25, 0.3) is 5.91 Å². The first-order valence-electron chi connectivity index (χ1n) is 8.19. The molecule has 2 heterocycles. The fourth-order valence-electron chi connectivity index (χ4n) is 3.29. The molecule has 1 fully saturated rings. The van der Waals surface area contributed by atoms with Gasteiger partial charge in [0.05, 0.1) is 5.02 Å². The van der Waals surface area contributed by atoms with E-state index in [0.717, 1.165) is 32.2 Å². The summed E-state index contributed by atoms with van der Waals surface area (Å²) < 4.78 is 1.60. The predicted molar refractivity (Wildman–Crippen MR) is 91.7 cm³/mol. The summed E-state index contributed by atoms with van der Waals surface area (Å²) in [7, 11) is 1.78. The average molecular weight is 332 g/mol. The lowest BCUT2D eigenvalue weighted by Crippen LogP contribution is -2.44. The number of rotatable bonds is 4. The Labute approximate surface area is 142 Å². The van der Waals surface area contributed by atoms with Crippen LogP contribution in [0.2, 0.25) is 5.02 Å². The monoisotopic (exact) mass is 331 g/mol. The van der Waals surface area contributed by atoms with Crippen LogP contribution in [0.3, 0.4) is 0 Å².